The molecule has 1 aromatic rings. The summed E-state index contributed by atoms with van der Waals surface area (Å²) in [6.45, 7) is 1.05. The number of benzene rings is 1. The molecule has 0 atom stereocenters. The summed E-state index contributed by atoms with van der Waals surface area (Å²) < 4.78 is 53.3. The van der Waals surface area contributed by atoms with E-state index in [2.05, 4.69) is 5.32 Å². The quantitative estimate of drug-likeness (QED) is 0.503. The fourth-order valence-corrected chi connectivity index (χ4v) is 2.52. The Morgan fingerprint density at radius 2 is 1.50 bits per heavy atom. The van der Waals surface area contributed by atoms with Crippen LogP contribution in [0.5, 0.6) is 0 Å². The number of nitrogens with one attached hydrogen (secondary N) is 1. The second-order valence-electron chi connectivity index (χ2n) is 5.06. The van der Waals surface area contributed by atoms with E-state index in [0.29, 0.717) is 0 Å². The first-order valence-corrected chi connectivity index (χ1v) is 6.57. The van der Waals surface area contributed by atoms with Crippen LogP contribution in [0.25, 0.3) is 0 Å². The van der Waals surface area contributed by atoms with Crippen molar-refractivity contribution in [3.8, 4) is 0 Å². The highest BCUT2D eigenvalue weighted by molar-refractivity contribution is 5.96. The van der Waals surface area contributed by atoms with Gasteiger partial charge in [-0.2, -0.15) is 0 Å². The Morgan fingerprint density at radius 1 is 0.950 bits per heavy atom. The van der Waals surface area contributed by atoms with Crippen LogP contribution in [0, 0.1) is 30.2 Å². The molecule has 6 heteroatoms. The van der Waals surface area contributed by atoms with Gasteiger partial charge in [-0.3, -0.25) is 4.79 Å². The van der Waals surface area contributed by atoms with E-state index in [1.165, 1.54) is 0 Å². The van der Waals surface area contributed by atoms with Gasteiger partial charge in [-0.1, -0.05) is 19.3 Å². The summed E-state index contributed by atoms with van der Waals surface area (Å²) >= 11 is 0. The van der Waals surface area contributed by atoms with E-state index in [-0.39, 0.29) is 6.04 Å². The molecule has 0 radical (unpaired) electrons. The Morgan fingerprint density at radius 3 is 2.10 bits per heavy atom. The fourth-order valence-electron chi connectivity index (χ4n) is 2.52. The monoisotopic (exact) mass is 289 g/mol. The van der Waals surface area contributed by atoms with Gasteiger partial charge < -0.3 is 5.32 Å². The summed E-state index contributed by atoms with van der Waals surface area (Å²) in [5.74, 6) is -7.92. The average molecular weight is 289 g/mol. The number of amides is 1. The third-order valence-electron chi connectivity index (χ3n) is 3.67. The van der Waals surface area contributed by atoms with Gasteiger partial charge in [-0.15, -0.1) is 0 Å². The highest BCUT2D eigenvalue weighted by atomic mass is 19.2. The lowest BCUT2D eigenvalue weighted by Gasteiger charge is -2.23. The number of carbonyl (C=O) groups is 1. The first-order valence-electron chi connectivity index (χ1n) is 6.57. The summed E-state index contributed by atoms with van der Waals surface area (Å²) in [5, 5.41) is 2.56. The van der Waals surface area contributed by atoms with Crippen LogP contribution in [0.1, 0.15) is 48.0 Å². The number of halogens is 4. The molecule has 0 bridgehead atoms. The Bertz CT molecular complexity index is 509. The lowest BCUT2D eigenvalue weighted by Crippen LogP contribution is -2.37. The standard InChI is InChI=1S/C14H15F4NO/c1-7-9(11(16)13(18)12(17)10(7)15)14(20)19-8-5-3-2-4-6-8/h8H,2-6H2,1H3,(H,19,20). The zero-order valence-corrected chi connectivity index (χ0v) is 11.0. The van der Waals surface area contributed by atoms with Crippen molar-refractivity contribution in [2.75, 3.05) is 0 Å². The number of hydrogen-bond donors (Lipinski definition) is 1. The molecule has 1 fully saturated rings. The van der Waals surface area contributed by atoms with Gasteiger partial charge in [0.25, 0.3) is 5.91 Å². The zero-order valence-electron chi connectivity index (χ0n) is 11.0. The first kappa shape index (κ1) is 14.8. The average Bonchev–Trinajstić information content (AvgIpc) is 2.44. The van der Waals surface area contributed by atoms with Crippen LogP contribution in [0.4, 0.5) is 17.6 Å². The summed E-state index contributed by atoms with van der Waals surface area (Å²) in [5.41, 5.74) is -1.28. The second-order valence-corrected chi connectivity index (χ2v) is 5.06. The van der Waals surface area contributed by atoms with Crippen LogP contribution in [-0.2, 0) is 0 Å². The van der Waals surface area contributed by atoms with Crippen molar-refractivity contribution in [1.29, 1.82) is 0 Å². The lowest BCUT2D eigenvalue weighted by molar-refractivity contribution is 0.0920. The minimum Gasteiger partial charge on any atom is -0.349 e. The number of rotatable bonds is 2. The van der Waals surface area contributed by atoms with Crippen molar-refractivity contribution in [2.24, 2.45) is 0 Å². The van der Waals surface area contributed by atoms with Crippen molar-refractivity contribution < 1.29 is 22.4 Å². The van der Waals surface area contributed by atoms with Crippen LogP contribution in [0.3, 0.4) is 0 Å². The molecule has 0 unspecified atom stereocenters. The highest BCUT2D eigenvalue weighted by Crippen LogP contribution is 2.24. The maximum Gasteiger partial charge on any atom is 0.254 e. The van der Waals surface area contributed by atoms with Crippen molar-refractivity contribution in [3.63, 3.8) is 0 Å². The number of carbonyl (C=O) groups excluding carboxylic acids is 1. The summed E-state index contributed by atoms with van der Waals surface area (Å²) in [6.07, 6.45) is 4.45. The summed E-state index contributed by atoms with van der Waals surface area (Å²) in [7, 11) is 0. The van der Waals surface area contributed by atoms with E-state index in [9.17, 15) is 22.4 Å². The Balaban J connectivity index is 2.30. The topological polar surface area (TPSA) is 29.1 Å². The largest absolute Gasteiger partial charge is 0.349 e. The summed E-state index contributed by atoms with van der Waals surface area (Å²) in [6, 6.07) is -0.133. The van der Waals surface area contributed by atoms with Crippen molar-refractivity contribution in [2.45, 2.75) is 45.1 Å². The second kappa shape index (κ2) is 5.81. The molecule has 1 aromatic carbocycles. The van der Waals surface area contributed by atoms with Crippen LogP contribution >= 0.6 is 0 Å². The summed E-state index contributed by atoms with van der Waals surface area (Å²) in [4.78, 5) is 12.0. The van der Waals surface area contributed by atoms with Gasteiger partial charge in [0, 0.05) is 11.6 Å². The first-order chi connectivity index (χ1) is 9.43. The molecule has 1 N–H and O–H groups in total. The fraction of sp³-hybridized carbons (Fsp3) is 0.500. The Labute approximate surface area is 114 Å². The molecule has 20 heavy (non-hydrogen) atoms. The van der Waals surface area contributed by atoms with Crippen LogP contribution in [0.2, 0.25) is 0 Å². The van der Waals surface area contributed by atoms with Crippen LogP contribution < -0.4 is 5.32 Å². The molecule has 0 aliphatic heterocycles. The van der Waals surface area contributed by atoms with Gasteiger partial charge in [0.15, 0.2) is 23.3 Å². The molecule has 0 saturated heterocycles. The van der Waals surface area contributed by atoms with E-state index in [4.69, 9.17) is 0 Å². The van der Waals surface area contributed by atoms with E-state index in [1.807, 2.05) is 0 Å². The minimum absolute atomic E-state index is 0.133. The van der Waals surface area contributed by atoms with E-state index >= 15 is 0 Å². The minimum atomic E-state index is -1.96. The van der Waals surface area contributed by atoms with Gasteiger partial charge in [-0.25, -0.2) is 17.6 Å². The molecule has 110 valence electrons. The van der Waals surface area contributed by atoms with Gasteiger partial charge in [0.2, 0.25) is 0 Å². The highest BCUT2D eigenvalue weighted by Gasteiger charge is 2.28. The van der Waals surface area contributed by atoms with Crippen molar-refractivity contribution in [3.05, 3.63) is 34.4 Å². The molecule has 1 amide bonds. The van der Waals surface area contributed by atoms with Gasteiger partial charge in [-0.05, 0) is 19.8 Å². The predicted molar refractivity (Wildman–Crippen MR) is 65.4 cm³/mol. The smallest absolute Gasteiger partial charge is 0.254 e. The third-order valence-corrected chi connectivity index (χ3v) is 3.67. The van der Waals surface area contributed by atoms with Gasteiger partial charge >= 0.3 is 0 Å². The van der Waals surface area contributed by atoms with E-state index < -0.39 is 40.3 Å². The molecular formula is C14H15F4NO. The SMILES string of the molecule is Cc1c(F)c(F)c(F)c(F)c1C(=O)NC1CCCCC1. The van der Waals surface area contributed by atoms with E-state index in [0.717, 1.165) is 39.0 Å². The van der Waals surface area contributed by atoms with Crippen LogP contribution in [0.15, 0.2) is 0 Å². The Kier molecular flexibility index (Phi) is 4.30. The molecule has 1 saturated carbocycles. The zero-order chi connectivity index (χ0) is 14.9. The maximum absolute atomic E-state index is 13.7. The maximum atomic E-state index is 13.7. The molecule has 0 aromatic heterocycles. The normalized spacial score (nSPS) is 16.2. The Hall–Kier alpha value is -1.59. The molecule has 0 heterocycles. The number of hydrogen-bond acceptors (Lipinski definition) is 1. The molecule has 1 aliphatic carbocycles. The van der Waals surface area contributed by atoms with E-state index in [1.54, 1.807) is 0 Å². The van der Waals surface area contributed by atoms with Crippen molar-refractivity contribution in [1.82, 2.24) is 5.32 Å². The molecular weight excluding hydrogens is 274 g/mol. The molecule has 0 spiro atoms. The van der Waals surface area contributed by atoms with Crippen molar-refractivity contribution >= 4 is 5.91 Å². The third kappa shape index (κ3) is 2.64. The van der Waals surface area contributed by atoms with Crippen LogP contribution in [-0.4, -0.2) is 11.9 Å². The molecule has 2 nitrogen and oxygen atoms in total. The molecule has 2 rings (SSSR count). The van der Waals surface area contributed by atoms with Gasteiger partial charge in [0.05, 0.1) is 5.56 Å². The molecule has 1 aliphatic rings. The lowest BCUT2D eigenvalue weighted by atomic mass is 9.95. The predicted octanol–water partition coefficient (Wildman–Crippen LogP) is 3.61. The van der Waals surface area contributed by atoms with Gasteiger partial charge in [0.1, 0.15) is 0 Å².